The molecule has 0 aromatic carbocycles. The molecule has 2 aromatic rings. The van der Waals surface area contributed by atoms with Crippen molar-refractivity contribution in [3.8, 4) is 0 Å². The summed E-state index contributed by atoms with van der Waals surface area (Å²) >= 11 is 4.18. The van der Waals surface area contributed by atoms with Gasteiger partial charge < -0.3 is 4.98 Å². The van der Waals surface area contributed by atoms with E-state index in [1.54, 1.807) is 12.5 Å². The Morgan fingerprint density at radius 2 is 2.00 bits per heavy atom. The fraction of sp³-hybridized carbons (Fsp3) is 0.200. The molecule has 0 saturated heterocycles. The van der Waals surface area contributed by atoms with E-state index in [4.69, 9.17) is 0 Å². The average molecular weight is 205 g/mol. The Morgan fingerprint density at radius 3 is 2.64 bits per heavy atom. The molecule has 0 saturated carbocycles. The molecule has 0 amide bonds. The molecule has 3 nitrogen and oxygen atoms in total. The molecule has 0 radical (unpaired) electrons. The van der Waals surface area contributed by atoms with Gasteiger partial charge in [0.2, 0.25) is 0 Å². The zero-order chi connectivity index (χ0) is 9.80. The van der Waals surface area contributed by atoms with Crippen LogP contribution in [-0.2, 0) is 12.8 Å². The zero-order valence-electron chi connectivity index (χ0n) is 7.64. The molecule has 2 aromatic heterocycles. The van der Waals surface area contributed by atoms with Crippen LogP contribution in [-0.4, -0.2) is 15.0 Å². The van der Waals surface area contributed by atoms with Crippen LogP contribution in [0, 0.1) is 0 Å². The van der Waals surface area contributed by atoms with Crippen LogP contribution in [0.5, 0.6) is 0 Å². The quantitative estimate of drug-likeness (QED) is 0.751. The second-order valence-electron chi connectivity index (χ2n) is 3.07. The molecular formula is C10H11N3S. The minimum absolute atomic E-state index is 0.897. The Balaban J connectivity index is 1.95. The van der Waals surface area contributed by atoms with Crippen molar-refractivity contribution in [2.45, 2.75) is 17.7 Å². The first-order chi connectivity index (χ1) is 6.84. The number of hydrogen-bond donors (Lipinski definition) is 2. The average Bonchev–Trinajstić information content (AvgIpc) is 2.70. The second kappa shape index (κ2) is 4.28. The maximum absolute atomic E-state index is 4.26. The summed E-state index contributed by atoms with van der Waals surface area (Å²) in [5.41, 5.74) is 2.15. The van der Waals surface area contributed by atoms with Crippen molar-refractivity contribution in [3.63, 3.8) is 0 Å². The number of rotatable bonds is 3. The smallest absolute Gasteiger partial charge is 0.0923 e. The van der Waals surface area contributed by atoms with E-state index in [-0.39, 0.29) is 0 Å². The van der Waals surface area contributed by atoms with Crippen LogP contribution in [0.1, 0.15) is 11.4 Å². The molecule has 0 aliphatic heterocycles. The van der Waals surface area contributed by atoms with Crippen molar-refractivity contribution >= 4 is 12.6 Å². The minimum atomic E-state index is 0.897. The lowest BCUT2D eigenvalue weighted by atomic mass is 10.2. The highest BCUT2D eigenvalue weighted by molar-refractivity contribution is 7.80. The van der Waals surface area contributed by atoms with Crippen LogP contribution in [0.4, 0.5) is 0 Å². The highest BCUT2D eigenvalue weighted by Gasteiger charge is 1.97. The van der Waals surface area contributed by atoms with Gasteiger partial charge in [0.15, 0.2) is 0 Å². The van der Waals surface area contributed by atoms with Gasteiger partial charge >= 0.3 is 0 Å². The predicted molar refractivity (Wildman–Crippen MR) is 57.5 cm³/mol. The highest BCUT2D eigenvalue weighted by Crippen LogP contribution is 2.06. The summed E-state index contributed by atoms with van der Waals surface area (Å²) in [6.07, 6.45) is 7.21. The molecule has 0 fully saturated rings. The number of aryl methyl sites for hydroxylation is 2. The lowest BCUT2D eigenvalue weighted by molar-refractivity contribution is 0.883. The van der Waals surface area contributed by atoms with Crippen molar-refractivity contribution in [2.75, 3.05) is 0 Å². The molecule has 72 valence electrons. The number of nitrogens with zero attached hydrogens (tertiary/aromatic N) is 2. The molecule has 0 aliphatic rings. The van der Waals surface area contributed by atoms with Gasteiger partial charge in [0, 0.05) is 23.0 Å². The van der Waals surface area contributed by atoms with Gasteiger partial charge in [0.05, 0.1) is 12.0 Å². The third-order valence-corrected chi connectivity index (χ3v) is 2.27. The highest BCUT2D eigenvalue weighted by atomic mass is 32.1. The Labute approximate surface area is 88.0 Å². The van der Waals surface area contributed by atoms with Gasteiger partial charge in [0.1, 0.15) is 0 Å². The summed E-state index contributed by atoms with van der Waals surface area (Å²) in [5.74, 6) is 0. The van der Waals surface area contributed by atoms with Crippen LogP contribution >= 0.6 is 12.6 Å². The Bertz CT molecular complexity index is 380. The largest absolute Gasteiger partial charge is 0.351 e. The van der Waals surface area contributed by atoms with E-state index in [0.29, 0.717) is 0 Å². The van der Waals surface area contributed by atoms with Crippen molar-refractivity contribution in [1.29, 1.82) is 0 Å². The fourth-order valence-corrected chi connectivity index (χ4v) is 1.38. The van der Waals surface area contributed by atoms with Gasteiger partial charge in [0.25, 0.3) is 0 Å². The Kier molecular flexibility index (Phi) is 2.84. The molecule has 0 atom stereocenters. The van der Waals surface area contributed by atoms with Crippen LogP contribution in [0.15, 0.2) is 35.7 Å². The summed E-state index contributed by atoms with van der Waals surface area (Å²) < 4.78 is 0. The number of imidazole rings is 1. The standard InChI is InChI=1S/C10H11N3S/c14-10-4-3-8(12-6-10)1-2-9-5-11-7-13-9/h3-7,14H,1-2H2,(H,11,13). The summed E-state index contributed by atoms with van der Waals surface area (Å²) in [4.78, 5) is 12.2. The van der Waals surface area contributed by atoms with E-state index >= 15 is 0 Å². The normalized spacial score (nSPS) is 10.4. The van der Waals surface area contributed by atoms with Crippen LogP contribution < -0.4 is 0 Å². The molecule has 0 bridgehead atoms. The molecule has 1 N–H and O–H groups in total. The zero-order valence-corrected chi connectivity index (χ0v) is 8.54. The lowest BCUT2D eigenvalue weighted by Crippen LogP contribution is -1.93. The van der Waals surface area contributed by atoms with Crippen molar-refractivity contribution < 1.29 is 0 Å². The molecular weight excluding hydrogens is 194 g/mol. The predicted octanol–water partition coefficient (Wildman–Crippen LogP) is 1.88. The lowest BCUT2D eigenvalue weighted by Gasteiger charge is -1.98. The second-order valence-corrected chi connectivity index (χ2v) is 3.58. The molecule has 2 rings (SSSR count). The van der Waals surface area contributed by atoms with E-state index in [1.165, 1.54) is 0 Å². The van der Waals surface area contributed by atoms with Crippen LogP contribution in [0.25, 0.3) is 0 Å². The van der Waals surface area contributed by atoms with Gasteiger partial charge in [-0.1, -0.05) is 0 Å². The monoisotopic (exact) mass is 205 g/mol. The van der Waals surface area contributed by atoms with E-state index in [2.05, 4.69) is 27.6 Å². The number of hydrogen-bond acceptors (Lipinski definition) is 3. The third-order valence-electron chi connectivity index (χ3n) is 2.00. The van der Waals surface area contributed by atoms with E-state index < -0.39 is 0 Å². The van der Waals surface area contributed by atoms with Crippen LogP contribution in [0.3, 0.4) is 0 Å². The van der Waals surface area contributed by atoms with Gasteiger partial charge in [-0.3, -0.25) is 4.98 Å². The van der Waals surface area contributed by atoms with Gasteiger partial charge in [-0.15, -0.1) is 12.6 Å². The maximum atomic E-state index is 4.26. The van der Waals surface area contributed by atoms with Crippen LogP contribution in [0.2, 0.25) is 0 Å². The molecule has 14 heavy (non-hydrogen) atoms. The van der Waals surface area contributed by atoms with Gasteiger partial charge in [-0.2, -0.15) is 0 Å². The first-order valence-corrected chi connectivity index (χ1v) is 4.91. The molecule has 4 heteroatoms. The number of H-pyrrole nitrogens is 1. The molecule has 2 heterocycles. The number of aromatic nitrogens is 3. The van der Waals surface area contributed by atoms with E-state index in [0.717, 1.165) is 29.1 Å². The van der Waals surface area contributed by atoms with Gasteiger partial charge in [-0.25, -0.2) is 4.98 Å². The fourth-order valence-electron chi connectivity index (χ4n) is 1.25. The first kappa shape index (κ1) is 9.27. The SMILES string of the molecule is Sc1ccc(CCc2c[nH]cn2)nc1. The molecule has 0 aliphatic carbocycles. The Morgan fingerprint density at radius 1 is 1.14 bits per heavy atom. The number of aromatic amines is 1. The third kappa shape index (κ3) is 2.35. The Hall–Kier alpha value is -1.29. The summed E-state index contributed by atoms with van der Waals surface area (Å²) in [7, 11) is 0. The topological polar surface area (TPSA) is 41.6 Å². The summed E-state index contributed by atoms with van der Waals surface area (Å²) in [6.45, 7) is 0. The molecule has 0 spiro atoms. The van der Waals surface area contributed by atoms with Crippen molar-refractivity contribution in [2.24, 2.45) is 0 Å². The first-order valence-electron chi connectivity index (χ1n) is 4.46. The number of nitrogens with one attached hydrogen (secondary N) is 1. The number of thiol groups is 1. The molecule has 0 unspecified atom stereocenters. The minimum Gasteiger partial charge on any atom is -0.351 e. The maximum Gasteiger partial charge on any atom is 0.0923 e. The van der Waals surface area contributed by atoms with Gasteiger partial charge in [-0.05, 0) is 25.0 Å². The van der Waals surface area contributed by atoms with E-state index in [9.17, 15) is 0 Å². The van der Waals surface area contributed by atoms with E-state index in [1.807, 2.05) is 18.3 Å². The van der Waals surface area contributed by atoms with Crippen molar-refractivity contribution in [1.82, 2.24) is 15.0 Å². The summed E-state index contributed by atoms with van der Waals surface area (Å²) in [5, 5.41) is 0. The summed E-state index contributed by atoms with van der Waals surface area (Å²) in [6, 6.07) is 3.95. The number of pyridine rings is 1. The van der Waals surface area contributed by atoms with Crippen molar-refractivity contribution in [3.05, 3.63) is 42.2 Å².